The minimum atomic E-state index is -0.712. The molecule has 0 aromatic rings. The number of hydrogen-bond acceptors (Lipinski definition) is 2. The fourth-order valence-electron chi connectivity index (χ4n) is 3.75. The maximum absolute atomic E-state index is 11.6. The van der Waals surface area contributed by atoms with Crippen molar-refractivity contribution in [3.63, 3.8) is 0 Å². The molecule has 0 heterocycles. The Bertz CT molecular complexity index is 284. The molecule has 2 aliphatic carbocycles. The lowest BCUT2D eigenvalue weighted by Gasteiger charge is -2.47. The minimum absolute atomic E-state index is 0.00412. The largest absolute Gasteiger partial charge is 0.389 e. The number of fused-ring (bicyclic) bond motifs is 1. The first kappa shape index (κ1) is 11.1. The second kappa shape index (κ2) is 3.31. The van der Waals surface area contributed by atoms with E-state index in [1.54, 1.807) is 0 Å². The lowest BCUT2D eigenvalue weighted by atomic mass is 9.62. The maximum atomic E-state index is 11.6. The van der Waals surface area contributed by atoms with Gasteiger partial charge < -0.3 is 5.11 Å². The van der Waals surface area contributed by atoms with Gasteiger partial charge in [0.15, 0.2) is 0 Å². The zero-order chi connectivity index (χ0) is 11.3. The Morgan fingerprint density at radius 2 is 2.07 bits per heavy atom. The van der Waals surface area contributed by atoms with E-state index in [1.807, 2.05) is 0 Å². The topological polar surface area (TPSA) is 37.3 Å². The molecular weight excluding hydrogens is 188 g/mol. The Kier molecular flexibility index (Phi) is 2.45. The molecule has 1 N–H and O–H groups in total. The van der Waals surface area contributed by atoms with Crippen molar-refractivity contribution in [1.29, 1.82) is 0 Å². The van der Waals surface area contributed by atoms with Crippen molar-refractivity contribution in [2.24, 2.45) is 17.3 Å². The van der Waals surface area contributed by atoms with Crippen LogP contribution in [0.15, 0.2) is 0 Å². The van der Waals surface area contributed by atoms with E-state index in [-0.39, 0.29) is 11.2 Å². The minimum Gasteiger partial charge on any atom is -0.389 e. The molecule has 2 heteroatoms. The summed E-state index contributed by atoms with van der Waals surface area (Å²) in [6.45, 7) is 6.49. The number of rotatable bonds is 1. The van der Waals surface area contributed by atoms with Gasteiger partial charge in [-0.25, -0.2) is 0 Å². The highest BCUT2D eigenvalue weighted by Crippen LogP contribution is 2.58. The number of carbonyl (C=O) groups excluding carboxylic acids is 1. The van der Waals surface area contributed by atoms with Crippen LogP contribution in [0.25, 0.3) is 0 Å². The van der Waals surface area contributed by atoms with Crippen LogP contribution in [0.4, 0.5) is 0 Å². The Balaban J connectivity index is 2.32. The summed E-state index contributed by atoms with van der Waals surface area (Å²) in [5.74, 6) is 1.04. The van der Waals surface area contributed by atoms with Gasteiger partial charge >= 0.3 is 0 Å². The van der Waals surface area contributed by atoms with Gasteiger partial charge in [-0.05, 0) is 36.5 Å². The average molecular weight is 210 g/mol. The Morgan fingerprint density at radius 3 is 2.67 bits per heavy atom. The maximum Gasteiger partial charge on any atom is 0.135 e. The standard InChI is InChI=1S/C13H22O2/c1-9(2)11-5-7-12(3)6-4-10(14)8-13(11,12)15/h9,11,15H,4-8H2,1-3H3/t11-,12+,13+/m1/s1. The van der Waals surface area contributed by atoms with Gasteiger partial charge in [0.2, 0.25) is 0 Å². The summed E-state index contributed by atoms with van der Waals surface area (Å²) in [7, 11) is 0. The van der Waals surface area contributed by atoms with Crippen molar-refractivity contribution < 1.29 is 9.90 Å². The van der Waals surface area contributed by atoms with E-state index in [0.29, 0.717) is 24.7 Å². The summed E-state index contributed by atoms with van der Waals surface area (Å²) in [4.78, 5) is 11.6. The molecule has 0 saturated heterocycles. The van der Waals surface area contributed by atoms with E-state index >= 15 is 0 Å². The monoisotopic (exact) mass is 210 g/mol. The highest BCUT2D eigenvalue weighted by Gasteiger charge is 2.59. The number of aliphatic hydroxyl groups is 1. The molecule has 0 aromatic carbocycles. The van der Waals surface area contributed by atoms with Crippen LogP contribution in [-0.2, 0) is 4.79 Å². The molecule has 2 rings (SSSR count). The molecule has 0 bridgehead atoms. The first-order chi connectivity index (χ1) is 6.89. The van der Waals surface area contributed by atoms with Gasteiger partial charge in [-0.1, -0.05) is 20.8 Å². The third-order valence-electron chi connectivity index (χ3n) is 4.89. The first-order valence-corrected chi connectivity index (χ1v) is 6.13. The summed E-state index contributed by atoms with van der Waals surface area (Å²) in [6, 6.07) is 0. The summed E-state index contributed by atoms with van der Waals surface area (Å²) in [6.07, 6.45) is 4.11. The molecule has 0 spiro atoms. The van der Waals surface area contributed by atoms with Crippen LogP contribution in [0.3, 0.4) is 0 Å². The van der Waals surface area contributed by atoms with Crippen LogP contribution < -0.4 is 0 Å². The second-order valence-electron chi connectivity index (χ2n) is 6.09. The van der Waals surface area contributed by atoms with E-state index in [0.717, 1.165) is 19.3 Å². The van der Waals surface area contributed by atoms with Crippen LogP contribution in [0.2, 0.25) is 0 Å². The SMILES string of the molecule is CC(C)[C@H]1CC[C@]2(C)CCC(=O)C[C@]12O. The number of hydrogen-bond donors (Lipinski definition) is 1. The van der Waals surface area contributed by atoms with Crippen molar-refractivity contribution in [3.05, 3.63) is 0 Å². The summed E-state index contributed by atoms with van der Waals surface area (Å²) in [5, 5.41) is 10.9. The van der Waals surface area contributed by atoms with Crippen molar-refractivity contribution in [3.8, 4) is 0 Å². The summed E-state index contributed by atoms with van der Waals surface area (Å²) >= 11 is 0. The molecule has 2 saturated carbocycles. The van der Waals surface area contributed by atoms with Crippen molar-refractivity contribution in [2.45, 2.75) is 58.5 Å². The smallest absolute Gasteiger partial charge is 0.135 e. The Labute approximate surface area is 92.1 Å². The Morgan fingerprint density at radius 1 is 1.40 bits per heavy atom. The quantitative estimate of drug-likeness (QED) is 0.722. The van der Waals surface area contributed by atoms with E-state index in [9.17, 15) is 9.90 Å². The molecular formula is C13H22O2. The van der Waals surface area contributed by atoms with Crippen LogP contribution in [-0.4, -0.2) is 16.5 Å². The molecule has 0 radical (unpaired) electrons. The molecule has 3 atom stereocenters. The molecule has 2 fully saturated rings. The predicted octanol–water partition coefficient (Wildman–Crippen LogP) is 2.54. The van der Waals surface area contributed by atoms with E-state index in [1.165, 1.54) is 0 Å². The van der Waals surface area contributed by atoms with Gasteiger partial charge in [0.25, 0.3) is 0 Å². The molecule has 2 aliphatic rings. The van der Waals surface area contributed by atoms with Gasteiger partial charge in [0.05, 0.1) is 5.60 Å². The first-order valence-electron chi connectivity index (χ1n) is 6.13. The summed E-state index contributed by atoms with van der Waals surface area (Å²) < 4.78 is 0. The van der Waals surface area contributed by atoms with Crippen molar-refractivity contribution >= 4 is 5.78 Å². The molecule has 15 heavy (non-hydrogen) atoms. The van der Waals surface area contributed by atoms with Gasteiger partial charge in [-0.15, -0.1) is 0 Å². The third-order valence-corrected chi connectivity index (χ3v) is 4.89. The van der Waals surface area contributed by atoms with Crippen molar-refractivity contribution in [1.82, 2.24) is 0 Å². The average Bonchev–Trinajstić information content (AvgIpc) is 2.38. The number of Topliss-reactive ketones (excluding diaryl/α,β-unsaturated/α-hetero) is 1. The zero-order valence-electron chi connectivity index (χ0n) is 10.0. The van der Waals surface area contributed by atoms with Crippen molar-refractivity contribution in [2.75, 3.05) is 0 Å². The fraction of sp³-hybridized carbons (Fsp3) is 0.923. The highest BCUT2D eigenvalue weighted by atomic mass is 16.3. The van der Waals surface area contributed by atoms with E-state index in [4.69, 9.17) is 0 Å². The van der Waals surface area contributed by atoms with Crippen LogP contribution in [0, 0.1) is 17.3 Å². The predicted molar refractivity (Wildman–Crippen MR) is 59.5 cm³/mol. The van der Waals surface area contributed by atoms with Gasteiger partial charge in [-0.2, -0.15) is 0 Å². The zero-order valence-corrected chi connectivity index (χ0v) is 10.0. The second-order valence-corrected chi connectivity index (χ2v) is 6.09. The van der Waals surface area contributed by atoms with Gasteiger partial charge in [-0.3, -0.25) is 4.79 Å². The number of carbonyl (C=O) groups is 1. The summed E-state index contributed by atoms with van der Waals surface area (Å²) in [5.41, 5.74) is -0.716. The third kappa shape index (κ3) is 1.45. The number of ketones is 1. The van der Waals surface area contributed by atoms with Gasteiger partial charge in [0, 0.05) is 12.8 Å². The molecule has 0 amide bonds. The van der Waals surface area contributed by atoms with E-state index < -0.39 is 5.60 Å². The van der Waals surface area contributed by atoms with E-state index in [2.05, 4.69) is 20.8 Å². The molecule has 0 unspecified atom stereocenters. The van der Waals surface area contributed by atoms with Crippen LogP contribution in [0.5, 0.6) is 0 Å². The van der Waals surface area contributed by atoms with Crippen LogP contribution >= 0.6 is 0 Å². The lowest BCUT2D eigenvalue weighted by molar-refractivity contribution is -0.150. The molecule has 0 aromatic heterocycles. The highest BCUT2D eigenvalue weighted by molar-refractivity contribution is 5.81. The lowest BCUT2D eigenvalue weighted by Crippen LogP contribution is -2.52. The Hall–Kier alpha value is -0.370. The molecule has 0 aliphatic heterocycles. The molecule has 2 nitrogen and oxygen atoms in total. The molecule has 86 valence electrons. The fourth-order valence-corrected chi connectivity index (χ4v) is 3.75. The van der Waals surface area contributed by atoms with Gasteiger partial charge in [0.1, 0.15) is 5.78 Å². The normalized spacial score (nSPS) is 45.9. The van der Waals surface area contributed by atoms with Crippen LogP contribution in [0.1, 0.15) is 52.9 Å².